The first-order valence-corrected chi connectivity index (χ1v) is 9.44. The lowest BCUT2D eigenvalue weighted by atomic mass is 10.2. The highest BCUT2D eigenvalue weighted by atomic mass is 16.5. The SMILES string of the molecule is C=CC(=O)Nc1cccc(NC(=O)Nc2ccnc(Nc3ccc(OC)cc3OC)n2)c1. The predicted molar refractivity (Wildman–Crippen MR) is 123 cm³/mol. The number of anilines is 5. The van der Waals surface area contributed by atoms with E-state index in [2.05, 4.69) is 37.8 Å². The average Bonchev–Trinajstić information content (AvgIpc) is 2.79. The van der Waals surface area contributed by atoms with Crippen LogP contribution >= 0.6 is 0 Å². The summed E-state index contributed by atoms with van der Waals surface area (Å²) in [4.78, 5) is 32.2. The van der Waals surface area contributed by atoms with Gasteiger partial charge in [0.25, 0.3) is 0 Å². The molecule has 10 nitrogen and oxygen atoms in total. The lowest BCUT2D eigenvalue weighted by Crippen LogP contribution is -2.20. The number of hydrogen-bond acceptors (Lipinski definition) is 7. The van der Waals surface area contributed by atoms with Gasteiger partial charge in [-0.05, 0) is 42.5 Å². The van der Waals surface area contributed by atoms with E-state index in [-0.39, 0.29) is 17.7 Å². The summed E-state index contributed by atoms with van der Waals surface area (Å²) in [5.74, 6) is 1.39. The number of aromatic nitrogens is 2. The number of ether oxygens (including phenoxy) is 2. The Morgan fingerprint density at radius 3 is 2.47 bits per heavy atom. The maximum Gasteiger partial charge on any atom is 0.324 e. The third-order valence-electron chi connectivity index (χ3n) is 4.13. The van der Waals surface area contributed by atoms with Crippen molar-refractivity contribution in [2.75, 3.05) is 35.5 Å². The number of nitrogens with zero attached hydrogens (tertiary/aromatic N) is 2. The first kappa shape index (κ1) is 22.1. The van der Waals surface area contributed by atoms with Crippen molar-refractivity contribution in [1.82, 2.24) is 9.97 Å². The van der Waals surface area contributed by atoms with Crippen molar-refractivity contribution in [2.24, 2.45) is 0 Å². The minimum atomic E-state index is -0.510. The number of benzene rings is 2. The van der Waals surface area contributed by atoms with E-state index in [0.29, 0.717) is 28.6 Å². The molecule has 0 aliphatic heterocycles. The largest absolute Gasteiger partial charge is 0.497 e. The topological polar surface area (TPSA) is 127 Å². The summed E-state index contributed by atoms with van der Waals surface area (Å²) in [5.41, 5.74) is 1.64. The van der Waals surface area contributed by atoms with Crippen LogP contribution in [0.25, 0.3) is 0 Å². The van der Waals surface area contributed by atoms with Crippen LogP contribution in [-0.4, -0.2) is 36.1 Å². The summed E-state index contributed by atoms with van der Waals surface area (Å²) in [5, 5.41) is 11.0. The van der Waals surface area contributed by atoms with Gasteiger partial charge in [0.2, 0.25) is 11.9 Å². The third-order valence-corrected chi connectivity index (χ3v) is 4.13. The van der Waals surface area contributed by atoms with E-state index in [0.717, 1.165) is 6.08 Å². The Morgan fingerprint density at radius 2 is 1.75 bits per heavy atom. The van der Waals surface area contributed by atoms with Gasteiger partial charge >= 0.3 is 6.03 Å². The minimum absolute atomic E-state index is 0.264. The number of rotatable bonds is 8. The van der Waals surface area contributed by atoms with Crippen LogP contribution in [0, 0.1) is 0 Å². The monoisotopic (exact) mass is 434 g/mol. The molecule has 0 bridgehead atoms. The second-order valence-corrected chi connectivity index (χ2v) is 6.31. The third kappa shape index (κ3) is 5.95. The second-order valence-electron chi connectivity index (χ2n) is 6.31. The van der Waals surface area contributed by atoms with Gasteiger partial charge < -0.3 is 25.4 Å². The molecule has 3 aromatic rings. The van der Waals surface area contributed by atoms with Gasteiger partial charge in [-0.25, -0.2) is 9.78 Å². The molecule has 164 valence electrons. The van der Waals surface area contributed by atoms with Crippen molar-refractivity contribution >= 4 is 40.8 Å². The quantitative estimate of drug-likeness (QED) is 0.395. The molecule has 0 fully saturated rings. The van der Waals surface area contributed by atoms with Crippen LogP contribution in [0.4, 0.5) is 33.6 Å². The van der Waals surface area contributed by atoms with Crippen LogP contribution < -0.4 is 30.7 Å². The molecular weight excluding hydrogens is 412 g/mol. The van der Waals surface area contributed by atoms with Crippen molar-refractivity contribution in [3.63, 3.8) is 0 Å². The summed E-state index contributed by atoms with van der Waals surface area (Å²) in [7, 11) is 3.11. The van der Waals surface area contributed by atoms with E-state index < -0.39 is 6.03 Å². The highest BCUT2D eigenvalue weighted by Crippen LogP contribution is 2.30. The molecule has 3 amide bonds. The van der Waals surface area contributed by atoms with Crippen molar-refractivity contribution in [1.29, 1.82) is 0 Å². The summed E-state index contributed by atoms with van der Waals surface area (Å²) < 4.78 is 10.5. The standard InChI is InChI=1S/C22H22N6O4/c1-4-20(29)24-14-6-5-7-15(12-14)25-22(30)28-19-10-11-23-21(27-19)26-17-9-8-16(31-2)13-18(17)32-3/h4-13H,1H2,2-3H3,(H,24,29)(H3,23,25,26,27,28,30). The first-order chi connectivity index (χ1) is 15.5. The summed E-state index contributed by atoms with van der Waals surface area (Å²) in [6, 6.07) is 13.0. The molecule has 10 heteroatoms. The number of carbonyl (C=O) groups excluding carboxylic acids is 2. The average molecular weight is 434 g/mol. The van der Waals surface area contributed by atoms with Crippen molar-refractivity contribution in [2.45, 2.75) is 0 Å². The van der Waals surface area contributed by atoms with Crippen LogP contribution in [0.5, 0.6) is 11.5 Å². The van der Waals surface area contributed by atoms with Gasteiger partial charge in [-0.2, -0.15) is 4.98 Å². The maximum absolute atomic E-state index is 12.4. The highest BCUT2D eigenvalue weighted by Gasteiger charge is 2.09. The first-order valence-electron chi connectivity index (χ1n) is 9.44. The maximum atomic E-state index is 12.4. The number of urea groups is 1. The van der Waals surface area contributed by atoms with Gasteiger partial charge in [0.15, 0.2) is 0 Å². The van der Waals surface area contributed by atoms with Crippen LogP contribution in [0.3, 0.4) is 0 Å². The fourth-order valence-corrected chi connectivity index (χ4v) is 2.66. The Labute approximate surface area is 184 Å². The molecule has 0 saturated carbocycles. The van der Waals surface area contributed by atoms with Crippen LogP contribution in [0.15, 0.2) is 67.4 Å². The molecule has 0 radical (unpaired) electrons. The molecular formula is C22H22N6O4. The molecule has 0 spiro atoms. The van der Waals surface area contributed by atoms with Crippen molar-refractivity contribution in [3.05, 3.63) is 67.4 Å². The van der Waals surface area contributed by atoms with Gasteiger partial charge in [0.05, 0.1) is 19.9 Å². The molecule has 2 aromatic carbocycles. The fourth-order valence-electron chi connectivity index (χ4n) is 2.66. The normalized spacial score (nSPS) is 9.94. The Balaban J connectivity index is 1.66. The van der Waals surface area contributed by atoms with E-state index in [4.69, 9.17) is 9.47 Å². The van der Waals surface area contributed by atoms with E-state index in [1.807, 2.05) is 0 Å². The Hall–Kier alpha value is -4.60. The Kier molecular flexibility index (Phi) is 7.20. The summed E-state index contributed by atoms with van der Waals surface area (Å²) in [6.07, 6.45) is 2.67. The number of methoxy groups -OCH3 is 2. The van der Waals surface area contributed by atoms with E-state index in [1.165, 1.54) is 6.20 Å². The fraction of sp³-hybridized carbons (Fsp3) is 0.0909. The molecule has 32 heavy (non-hydrogen) atoms. The summed E-state index contributed by atoms with van der Waals surface area (Å²) in [6.45, 7) is 3.40. The Morgan fingerprint density at radius 1 is 0.969 bits per heavy atom. The van der Waals surface area contributed by atoms with E-state index in [1.54, 1.807) is 62.8 Å². The molecule has 3 rings (SSSR count). The Bertz CT molecular complexity index is 1130. The van der Waals surface area contributed by atoms with Gasteiger partial charge in [0.1, 0.15) is 17.3 Å². The lowest BCUT2D eigenvalue weighted by molar-refractivity contribution is -0.111. The smallest absolute Gasteiger partial charge is 0.324 e. The minimum Gasteiger partial charge on any atom is -0.497 e. The van der Waals surface area contributed by atoms with Crippen LogP contribution in [0.2, 0.25) is 0 Å². The summed E-state index contributed by atoms with van der Waals surface area (Å²) >= 11 is 0. The molecule has 0 unspecified atom stereocenters. The predicted octanol–water partition coefficient (Wildman–Crippen LogP) is 4.01. The number of carbonyl (C=O) groups is 2. The van der Waals surface area contributed by atoms with Gasteiger partial charge in [-0.3, -0.25) is 10.1 Å². The lowest BCUT2D eigenvalue weighted by Gasteiger charge is -2.12. The van der Waals surface area contributed by atoms with E-state index in [9.17, 15) is 9.59 Å². The van der Waals surface area contributed by atoms with Gasteiger partial charge in [-0.15, -0.1) is 0 Å². The second kappa shape index (κ2) is 10.4. The van der Waals surface area contributed by atoms with Crippen LogP contribution in [-0.2, 0) is 4.79 Å². The zero-order valence-electron chi connectivity index (χ0n) is 17.5. The molecule has 1 aromatic heterocycles. The number of hydrogen-bond donors (Lipinski definition) is 4. The van der Waals surface area contributed by atoms with Gasteiger partial charge in [-0.1, -0.05) is 12.6 Å². The molecule has 4 N–H and O–H groups in total. The highest BCUT2D eigenvalue weighted by molar-refractivity contribution is 6.01. The van der Waals surface area contributed by atoms with Crippen molar-refractivity contribution in [3.8, 4) is 11.5 Å². The molecule has 0 saturated heterocycles. The molecule has 0 aliphatic rings. The zero-order chi connectivity index (χ0) is 22.9. The molecule has 1 heterocycles. The molecule has 0 aliphatic carbocycles. The van der Waals surface area contributed by atoms with Crippen molar-refractivity contribution < 1.29 is 19.1 Å². The van der Waals surface area contributed by atoms with Crippen LogP contribution in [0.1, 0.15) is 0 Å². The van der Waals surface area contributed by atoms with Gasteiger partial charge in [0, 0.05) is 23.6 Å². The zero-order valence-corrected chi connectivity index (χ0v) is 17.5. The molecule has 0 atom stereocenters. The number of amides is 3. The van der Waals surface area contributed by atoms with E-state index >= 15 is 0 Å². The number of nitrogens with one attached hydrogen (secondary N) is 4.